The van der Waals surface area contributed by atoms with Gasteiger partial charge in [-0.1, -0.05) is 24.3 Å². The van der Waals surface area contributed by atoms with Gasteiger partial charge in [0.05, 0.1) is 12.2 Å². The number of hydrogen-bond donors (Lipinski definition) is 0. The molecule has 0 spiro atoms. The Bertz CT molecular complexity index is 546. The SMILES string of the molecule is CN(CCC(F)(F)F)S(=O)(=O)Cc1cccc(CCl)c1. The predicted molar refractivity (Wildman–Crippen MR) is 71.9 cm³/mol. The summed E-state index contributed by atoms with van der Waals surface area (Å²) in [6, 6.07) is 6.64. The van der Waals surface area contributed by atoms with Crippen molar-refractivity contribution < 1.29 is 21.6 Å². The van der Waals surface area contributed by atoms with Crippen molar-refractivity contribution in [3.63, 3.8) is 0 Å². The molecule has 0 heterocycles. The largest absolute Gasteiger partial charge is 0.390 e. The minimum absolute atomic E-state index is 0.248. The molecule has 1 rings (SSSR count). The highest BCUT2D eigenvalue weighted by Gasteiger charge is 2.29. The summed E-state index contributed by atoms with van der Waals surface area (Å²) in [5.41, 5.74) is 1.26. The summed E-state index contributed by atoms with van der Waals surface area (Å²) in [5, 5.41) is 0. The molecule has 8 heteroatoms. The highest BCUT2D eigenvalue weighted by molar-refractivity contribution is 7.88. The first-order valence-electron chi connectivity index (χ1n) is 5.78. The van der Waals surface area contributed by atoms with Crippen LogP contribution in [0, 0.1) is 0 Å². The molecule has 0 amide bonds. The molecule has 0 saturated heterocycles. The number of nitrogens with zero attached hydrogens (tertiary/aromatic N) is 1. The van der Waals surface area contributed by atoms with Crippen LogP contribution in [-0.4, -0.2) is 32.5 Å². The lowest BCUT2D eigenvalue weighted by Gasteiger charge is -2.18. The van der Waals surface area contributed by atoms with Gasteiger partial charge in [0.25, 0.3) is 0 Å². The fourth-order valence-corrected chi connectivity index (χ4v) is 2.90. The molecule has 0 atom stereocenters. The molecule has 0 radical (unpaired) electrons. The molecule has 0 aliphatic carbocycles. The molecule has 0 aromatic heterocycles. The summed E-state index contributed by atoms with van der Waals surface area (Å²) < 4.78 is 60.9. The van der Waals surface area contributed by atoms with Crippen molar-refractivity contribution in [3.8, 4) is 0 Å². The van der Waals surface area contributed by atoms with E-state index in [1.54, 1.807) is 24.3 Å². The van der Waals surface area contributed by atoms with Gasteiger partial charge in [-0.25, -0.2) is 12.7 Å². The number of rotatable bonds is 6. The van der Waals surface area contributed by atoms with E-state index in [1.807, 2.05) is 0 Å². The molecule has 1 aromatic rings. The normalized spacial score (nSPS) is 12.9. The van der Waals surface area contributed by atoms with Crippen molar-refractivity contribution in [2.45, 2.75) is 24.2 Å². The second-order valence-corrected chi connectivity index (χ2v) is 6.74. The van der Waals surface area contributed by atoms with Crippen molar-refractivity contribution in [2.75, 3.05) is 13.6 Å². The lowest BCUT2D eigenvalue weighted by Crippen LogP contribution is -2.31. The minimum Gasteiger partial charge on any atom is -0.212 e. The molecule has 20 heavy (non-hydrogen) atoms. The summed E-state index contributed by atoms with van der Waals surface area (Å²) in [4.78, 5) is 0. The van der Waals surface area contributed by atoms with Crippen LogP contribution in [0.5, 0.6) is 0 Å². The van der Waals surface area contributed by atoms with Gasteiger partial charge in [0.1, 0.15) is 0 Å². The number of alkyl halides is 4. The van der Waals surface area contributed by atoms with Crippen LogP contribution in [0.2, 0.25) is 0 Å². The van der Waals surface area contributed by atoms with Gasteiger partial charge < -0.3 is 0 Å². The van der Waals surface area contributed by atoms with E-state index in [4.69, 9.17) is 11.6 Å². The smallest absolute Gasteiger partial charge is 0.212 e. The summed E-state index contributed by atoms with van der Waals surface area (Å²) >= 11 is 5.65. The molecule has 0 unspecified atom stereocenters. The average molecular weight is 330 g/mol. The third kappa shape index (κ3) is 5.68. The van der Waals surface area contributed by atoms with E-state index >= 15 is 0 Å². The van der Waals surface area contributed by atoms with Gasteiger partial charge in [-0.2, -0.15) is 13.2 Å². The number of halogens is 4. The maximum absolute atomic E-state index is 12.1. The summed E-state index contributed by atoms with van der Waals surface area (Å²) in [6.07, 6.45) is -5.53. The van der Waals surface area contributed by atoms with E-state index in [0.717, 1.165) is 16.9 Å². The minimum atomic E-state index is -4.37. The molecule has 0 N–H and O–H groups in total. The van der Waals surface area contributed by atoms with Crippen LogP contribution in [0.15, 0.2) is 24.3 Å². The van der Waals surface area contributed by atoms with Crippen LogP contribution in [0.3, 0.4) is 0 Å². The Kier molecular flexibility index (Phi) is 5.85. The molecule has 0 aliphatic heterocycles. The Labute approximate surface area is 121 Å². The van der Waals surface area contributed by atoms with Crippen molar-refractivity contribution >= 4 is 21.6 Å². The zero-order valence-corrected chi connectivity index (χ0v) is 12.4. The van der Waals surface area contributed by atoms with E-state index < -0.39 is 29.2 Å². The van der Waals surface area contributed by atoms with Gasteiger partial charge in [-0.3, -0.25) is 0 Å². The van der Waals surface area contributed by atoms with Crippen LogP contribution < -0.4 is 0 Å². The van der Waals surface area contributed by atoms with E-state index in [9.17, 15) is 21.6 Å². The zero-order chi connectivity index (χ0) is 15.4. The lowest BCUT2D eigenvalue weighted by atomic mass is 10.2. The number of hydrogen-bond acceptors (Lipinski definition) is 2. The maximum Gasteiger partial charge on any atom is 0.390 e. The van der Waals surface area contributed by atoms with Crippen molar-refractivity contribution in [3.05, 3.63) is 35.4 Å². The summed E-state index contributed by atoms with van der Waals surface area (Å²) in [5.74, 6) is -0.0934. The molecular weight excluding hydrogens is 315 g/mol. The molecule has 3 nitrogen and oxygen atoms in total. The van der Waals surface area contributed by atoms with Gasteiger partial charge in [0.15, 0.2) is 0 Å². The first kappa shape index (κ1) is 17.3. The molecular formula is C12H15ClF3NO2S. The predicted octanol–water partition coefficient (Wildman–Crippen LogP) is 3.14. The average Bonchev–Trinajstić information content (AvgIpc) is 2.34. The second-order valence-electron chi connectivity index (χ2n) is 4.40. The molecule has 0 aliphatic rings. The van der Waals surface area contributed by atoms with Crippen molar-refractivity contribution in [2.24, 2.45) is 0 Å². The molecule has 0 fully saturated rings. The fourth-order valence-electron chi connectivity index (χ4n) is 1.55. The highest BCUT2D eigenvalue weighted by Crippen LogP contribution is 2.21. The lowest BCUT2D eigenvalue weighted by molar-refractivity contribution is -0.135. The van der Waals surface area contributed by atoms with E-state index in [2.05, 4.69) is 0 Å². The van der Waals surface area contributed by atoms with Gasteiger partial charge in [0, 0.05) is 19.5 Å². The van der Waals surface area contributed by atoms with Gasteiger partial charge in [-0.15, -0.1) is 11.6 Å². The van der Waals surface area contributed by atoms with Crippen LogP contribution in [0.1, 0.15) is 17.5 Å². The van der Waals surface area contributed by atoms with Crippen LogP contribution >= 0.6 is 11.6 Å². The summed E-state index contributed by atoms with van der Waals surface area (Å²) in [6.45, 7) is -0.582. The van der Waals surface area contributed by atoms with Gasteiger partial charge in [-0.05, 0) is 11.1 Å². The van der Waals surface area contributed by atoms with Gasteiger partial charge >= 0.3 is 6.18 Å². The Balaban J connectivity index is 2.73. The number of sulfonamides is 1. The maximum atomic E-state index is 12.1. The van der Waals surface area contributed by atoms with Crippen molar-refractivity contribution in [1.82, 2.24) is 4.31 Å². The summed E-state index contributed by atoms with van der Waals surface area (Å²) in [7, 11) is -2.63. The van der Waals surface area contributed by atoms with Crippen LogP contribution in [0.25, 0.3) is 0 Å². The monoisotopic (exact) mass is 329 g/mol. The second kappa shape index (κ2) is 6.78. The van der Waals surface area contributed by atoms with Crippen LogP contribution in [-0.2, 0) is 21.7 Å². The zero-order valence-electron chi connectivity index (χ0n) is 10.8. The quantitative estimate of drug-likeness (QED) is 0.752. The van der Waals surface area contributed by atoms with Gasteiger partial charge in [0.2, 0.25) is 10.0 Å². The first-order chi connectivity index (χ1) is 9.14. The Morgan fingerprint density at radius 2 is 1.85 bits per heavy atom. The topological polar surface area (TPSA) is 37.4 Å². The fraction of sp³-hybridized carbons (Fsp3) is 0.500. The first-order valence-corrected chi connectivity index (χ1v) is 7.93. The highest BCUT2D eigenvalue weighted by atomic mass is 35.5. The number of benzene rings is 1. The van der Waals surface area contributed by atoms with E-state index in [1.165, 1.54) is 0 Å². The Morgan fingerprint density at radius 3 is 2.40 bits per heavy atom. The van der Waals surface area contributed by atoms with E-state index in [-0.39, 0.29) is 11.6 Å². The molecule has 0 saturated carbocycles. The Hall–Kier alpha value is -0.790. The standard InChI is InChI=1S/C12H15ClF3NO2S/c1-17(6-5-12(14,15)16)20(18,19)9-11-4-2-3-10(7-11)8-13/h2-4,7H,5-6,8-9H2,1H3. The molecule has 1 aromatic carbocycles. The molecule has 0 bridgehead atoms. The van der Waals surface area contributed by atoms with E-state index in [0.29, 0.717) is 5.56 Å². The molecule has 114 valence electrons. The third-order valence-corrected chi connectivity index (χ3v) is 4.82. The Morgan fingerprint density at radius 1 is 1.25 bits per heavy atom. The van der Waals surface area contributed by atoms with Crippen molar-refractivity contribution in [1.29, 1.82) is 0 Å². The van der Waals surface area contributed by atoms with Crippen LogP contribution in [0.4, 0.5) is 13.2 Å². The third-order valence-electron chi connectivity index (χ3n) is 2.68.